The summed E-state index contributed by atoms with van der Waals surface area (Å²) in [5.41, 5.74) is 1.99. The van der Waals surface area contributed by atoms with Gasteiger partial charge in [-0.05, 0) is 24.1 Å². The monoisotopic (exact) mass is 289 g/mol. The largest absolute Gasteiger partial charge is 0.478 e. The van der Waals surface area contributed by atoms with Crippen molar-refractivity contribution in [2.45, 2.75) is 17.8 Å². The van der Waals surface area contributed by atoms with E-state index in [2.05, 4.69) is 10.2 Å². The summed E-state index contributed by atoms with van der Waals surface area (Å²) in [7, 11) is 1.93. The van der Waals surface area contributed by atoms with Crippen LogP contribution in [0.4, 0.5) is 0 Å². The topological polar surface area (TPSA) is 68.0 Å². The fourth-order valence-corrected chi connectivity index (χ4v) is 2.52. The molecule has 0 amide bonds. The van der Waals surface area contributed by atoms with Crippen molar-refractivity contribution in [2.24, 2.45) is 7.05 Å². The summed E-state index contributed by atoms with van der Waals surface area (Å²) in [6, 6.07) is 7.77. The standard InChI is InChI=1S/C14H15N3O2S/c1-10-15-16-14(17(10)2)20-9-12-5-3-4-11(8-12)6-7-13(18)19/h3-8H,9H2,1-2H3,(H,18,19). The van der Waals surface area contributed by atoms with Crippen LogP contribution < -0.4 is 0 Å². The van der Waals surface area contributed by atoms with Crippen molar-refractivity contribution in [3.8, 4) is 0 Å². The Morgan fingerprint density at radius 2 is 2.25 bits per heavy atom. The molecule has 0 aliphatic heterocycles. The second-order valence-electron chi connectivity index (χ2n) is 4.29. The average molecular weight is 289 g/mol. The van der Waals surface area contributed by atoms with Crippen LogP contribution in [-0.4, -0.2) is 25.8 Å². The van der Waals surface area contributed by atoms with Crippen LogP contribution >= 0.6 is 11.8 Å². The molecule has 1 heterocycles. The van der Waals surface area contributed by atoms with Gasteiger partial charge in [-0.15, -0.1) is 10.2 Å². The highest BCUT2D eigenvalue weighted by molar-refractivity contribution is 7.98. The molecule has 2 rings (SSSR count). The first-order valence-corrected chi connectivity index (χ1v) is 7.03. The Morgan fingerprint density at radius 3 is 2.90 bits per heavy atom. The Kier molecular flexibility index (Phi) is 4.57. The van der Waals surface area contributed by atoms with Gasteiger partial charge in [-0.25, -0.2) is 4.79 Å². The van der Waals surface area contributed by atoms with Gasteiger partial charge in [0.2, 0.25) is 0 Å². The Hall–Kier alpha value is -2.08. The molecule has 0 unspecified atom stereocenters. The first-order chi connectivity index (χ1) is 9.56. The molecule has 0 saturated carbocycles. The number of carbonyl (C=O) groups is 1. The molecular formula is C14H15N3O2S. The van der Waals surface area contributed by atoms with Crippen molar-refractivity contribution in [3.05, 3.63) is 47.3 Å². The molecule has 0 atom stereocenters. The number of aryl methyl sites for hydroxylation is 1. The summed E-state index contributed by atoms with van der Waals surface area (Å²) in [6.07, 6.45) is 2.72. The average Bonchev–Trinajstić information content (AvgIpc) is 2.75. The maximum absolute atomic E-state index is 10.5. The third-order valence-corrected chi connectivity index (χ3v) is 3.88. The van der Waals surface area contributed by atoms with E-state index in [4.69, 9.17) is 5.11 Å². The third-order valence-electron chi connectivity index (χ3n) is 2.79. The van der Waals surface area contributed by atoms with Crippen molar-refractivity contribution in [2.75, 3.05) is 0 Å². The zero-order valence-corrected chi connectivity index (χ0v) is 12.1. The van der Waals surface area contributed by atoms with E-state index in [1.54, 1.807) is 17.8 Å². The van der Waals surface area contributed by atoms with Gasteiger partial charge < -0.3 is 9.67 Å². The van der Waals surface area contributed by atoms with Crippen LogP contribution in [0.3, 0.4) is 0 Å². The summed E-state index contributed by atoms with van der Waals surface area (Å²) in [5, 5.41) is 17.6. The summed E-state index contributed by atoms with van der Waals surface area (Å²) in [4.78, 5) is 10.5. The molecule has 20 heavy (non-hydrogen) atoms. The van der Waals surface area contributed by atoms with Crippen molar-refractivity contribution in [1.29, 1.82) is 0 Å². The van der Waals surface area contributed by atoms with E-state index < -0.39 is 5.97 Å². The van der Waals surface area contributed by atoms with Gasteiger partial charge in [0.15, 0.2) is 5.16 Å². The number of rotatable bonds is 5. The van der Waals surface area contributed by atoms with Gasteiger partial charge in [-0.3, -0.25) is 0 Å². The van der Waals surface area contributed by atoms with Crippen molar-refractivity contribution in [3.63, 3.8) is 0 Å². The summed E-state index contributed by atoms with van der Waals surface area (Å²) in [5.74, 6) is 0.700. The third kappa shape index (κ3) is 3.71. The highest BCUT2D eigenvalue weighted by Gasteiger charge is 2.05. The second kappa shape index (κ2) is 6.38. The maximum atomic E-state index is 10.5. The molecule has 5 nitrogen and oxygen atoms in total. The molecular weight excluding hydrogens is 274 g/mol. The zero-order valence-electron chi connectivity index (χ0n) is 11.3. The predicted octanol–water partition coefficient (Wildman–Crippen LogP) is 2.51. The normalized spacial score (nSPS) is 11.1. The molecule has 1 aromatic heterocycles. The highest BCUT2D eigenvalue weighted by atomic mass is 32.2. The molecule has 0 radical (unpaired) electrons. The van der Waals surface area contributed by atoms with E-state index in [9.17, 15) is 4.79 Å². The molecule has 104 valence electrons. The van der Waals surface area contributed by atoms with Crippen LogP contribution in [0, 0.1) is 6.92 Å². The number of hydrogen-bond acceptors (Lipinski definition) is 4. The smallest absolute Gasteiger partial charge is 0.328 e. The van der Waals surface area contributed by atoms with E-state index in [1.807, 2.05) is 42.8 Å². The lowest BCUT2D eigenvalue weighted by Crippen LogP contribution is -1.94. The lowest BCUT2D eigenvalue weighted by atomic mass is 10.1. The first kappa shape index (κ1) is 14.3. The number of aromatic nitrogens is 3. The number of thioether (sulfide) groups is 1. The van der Waals surface area contributed by atoms with Crippen LogP contribution in [0.5, 0.6) is 0 Å². The molecule has 0 fully saturated rings. The minimum atomic E-state index is -0.945. The molecule has 2 aromatic rings. The fraction of sp³-hybridized carbons (Fsp3) is 0.214. The first-order valence-electron chi connectivity index (χ1n) is 6.05. The summed E-state index contributed by atoms with van der Waals surface area (Å²) < 4.78 is 1.94. The summed E-state index contributed by atoms with van der Waals surface area (Å²) >= 11 is 1.60. The van der Waals surface area contributed by atoms with Crippen molar-refractivity contribution < 1.29 is 9.90 Å². The molecule has 0 spiro atoms. The van der Waals surface area contributed by atoms with Gasteiger partial charge in [-0.2, -0.15) is 0 Å². The van der Waals surface area contributed by atoms with Crippen LogP contribution in [-0.2, 0) is 17.6 Å². The van der Waals surface area contributed by atoms with Gasteiger partial charge in [0.1, 0.15) is 5.82 Å². The number of benzene rings is 1. The van der Waals surface area contributed by atoms with Crippen LogP contribution in [0.1, 0.15) is 17.0 Å². The molecule has 1 N–H and O–H groups in total. The molecule has 0 aliphatic rings. The van der Waals surface area contributed by atoms with Crippen molar-refractivity contribution in [1.82, 2.24) is 14.8 Å². The van der Waals surface area contributed by atoms with Gasteiger partial charge in [0, 0.05) is 18.9 Å². The number of nitrogens with zero attached hydrogens (tertiary/aromatic N) is 3. The predicted molar refractivity (Wildman–Crippen MR) is 78.4 cm³/mol. The van der Waals surface area contributed by atoms with Gasteiger partial charge in [0.25, 0.3) is 0 Å². The minimum Gasteiger partial charge on any atom is -0.478 e. The number of hydrogen-bond donors (Lipinski definition) is 1. The van der Waals surface area contributed by atoms with E-state index in [0.717, 1.165) is 33.9 Å². The molecule has 1 aromatic carbocycles. The number of carboxylic acid groups (broad SMARTS) is 1. The highest BCUT2D eigenvalue weighted by Crippen LogP contribution is 2.21. The quantitative estimate of drug-likeness (QED) is 0.676. The van der Waals surface area contributed by atoms with E-state index in [0.29, 0.717) is 0 Å². The van der Waals surface area contributed by atoms with E-state index in [-0.39, 0.29) is 0 Å². The van der Waals surface area contributed by atoms with Gasteiger partial charge in [-0.1, -0.05) is 36.0 Å². The second-order valence-corrected chi connectivity index (χ2v) is 5.24. The Bertz CT molecular complexity index is 650. The van der Waals surface area contributed by atoms with Gasteiger partial charge in [0.05, 0.1) is 0 Å². The SMILES string of the molecule is Cc1nnc(SCc2cccc(C=CC(=O)O)c2)n1C. The van der Waals surface area contributed by atoms with E-state index >= 15 is 0 Å². The molecule has 0 aliphatic carbocycles. The van der Waals surface area contributed by atoms with Crippen LogP contribution in [0.25, 0.3) is 6.08 Å². The van der Waals surface area contributed by atoms with Crippen molar-refractivity contribution >= 4 is 23.8 Å². The van der Waals surface area contributed by atoms with Crippen LogP contribution in [0.15, 0.2) is 35.5 Å². The Balaban J connectivity index is 2.05. The lowest BCUT2D eigenvalue weighted by molar-refractivity contribution is -0.131. The minimum absolute atomic E-state index is 0.765. The van der Waals surface area contributed by atoms with Crippen LogP contribution in [0.2, 0.25) is 0 Å². The lowest BCUT2D eigenvalue weighted by Gasteiger charge is -2.03. The molecule has 6 heteroatoms. The molecule has 0 bridgehead atoms. The zero-order chi connectivity index (χ0) is 14.5. The van der Waals surface area contributed by atoms with E-state index in [1.165, 1.54) is 0 Å². The Morgan fingerprint density at radius 1 is 1.45 bits per heavy atom. The maximum Gasteiger partial charge on any atom is 0.328 e. The Labute approximate surface area is 121 Å². The number of aliphatic carboxylic acids is 1. The molecule has 0 saturated heterocycles. The summed E-state index contributed by atoms with van der Waals surface area (Å²) in [6.45, 7) is 1.91. The number of carboxylic acids is 1. The fourth-order valence-electron chi connectivity index (χ4n) is 1.62. The van der Waals surface area contributed by atoms with Gasteiger partial charge >= 0.3 is 5.97 Å².